The second-order valence-corrected chi connectivity index (χ2v) is 7.03. The summed E-state index contributed by atoms with van der Waals surface area (Å²) in [6, 6.07) is 3.78. The fraction of sp³-hybridized carbons (Fsp3) is 0.538. The minimum Gasteiger partial charge on any atom is -0.503 e. The van der Waals surface area contributed by atoms with Crippen molar-refractivity contribution in [1.29, 1.82) is 0 Å². The average Bonchev–Trinajstić information content (AvgIpc) is 2.38. The summed E-state index contributed by atoms with van der Waals surface area (Å²) in [5.74, 6) is 2.15. The van der Waals surface area contributed by atoms with E-state index in [0.29, 0.717) is 16.8 Å². The van der Waals surface area contributed by atoms with Crippen LogP contribution in [0.4, 0.5) is 0 Å². The van der Waals surface area contributed by atoms with Gasteiger partial charge < -0.3 is 9.84 Å². The molecule has 0 radical (unpaired) electrons. The number of aromatic hydroxyl groups is 1. The molecule has 6 heteroatoms. The zero-order chi connectivity index (χ0) is 13.8. The van der Waals surface area contributed by atoms with E-state index in [9.17, 15) is 9.32 Å². The molecule has 1 aromatic carbocycles. The number of ether oxygens (including phenoxy) is 1. The standard InChI is InChI=1S/C13H18BrNO3S/c1-2-18-12-8-10(7-11(14)13(12)16)9-15-3-5-19(17)6-4-15/h7-8,16H,2-6,9H2,1H3. The van der Waals surface area contributed by atoms with Crippen molar-refractivity contribution in [3.05, 3.63) is 22.2 Å². The van der Waals surface area contributed by atoms with Crippen molar-refractivity contribution in [2.24, 2.45) is 0 Å². The van der Waals surface area contributed by atoms with Gasteiger partial charge in [0.2, 0.25) is 0 Å². The summed E-state index contributed by atoms with van der Waals surface area (Å²) in [7, 11) is -0.650. The molecule has 4 nitrogen and oxygen atoms in total. The largest absolute Gasteiger partial charge is 0.503 e. The molecule has 0 aromatic heterocycles. The Morgan fingerprint density at radius 3 is 2.74 bits per heavy atom. The summed E-state index contributed by atoms with van der Waals surface area (Å²) < 4.78 is 17.4. The number of hydrogen-bond acceptors (Lipinski definition) is 4. The van der Waals surface area contributed by atoms with E-state index in [1.807, 2.05) is 19.1 Å². The fourth-order valence-electron chi connectivity index (χ4n) is 2.08. The summed E-state index contributed by atoms with van der Waals surface area (Å²) in [5, 5.41) is 9.87. The van der Waals surface area contributed by atoms with Crippen LogP contribution in [0, 0.1) is 0 Å². The van der Waals surface area contributed by atoms with Gasteiger partial charge in [-0.3, -0.25) is 9.11 Å². The molecule has 106 valence electrons. The van der Waals surface area contributed by atoms with Gasteiger partial charge in [0.1, 0.15) is 0 Å². The van der Waals surface area contributed by atoms with Crippen LogP contribution in [0.3, 0.4) is 0 Å². The highest BCUT2D eigenvalue weighted by atomic mass is 79.9. The van der Waals surface area contributed by atoms with Crippen LogP contribution in [0.2, 0.25) is 0 Å². The van der Waals surface area contributed by atoms with Gasteiger partial charge in [-0.2, -0.15) is 0 Å². The number of benzene rings is 1. The van der Waals surface area contributed by atoms with Gasteiger partial charge >= 0.3 is 0 Å². The Morgan fingerprint density at radius 1 is 1.42 bits per heavy atom. The van der Waals surface area contributed by atoms with Gasteiger partial charge in [-0.1, -0.05) is 0 Å². The molecule has 0 bridgehead atoms. The molecule has 2 rings (SSSR count). The Bertz CT molecular complexity index is 471. The van der Waals surface area contributed by atoms with Crippen LogP contribution in [-0.4, -0.2) is 45.4 Å². The molecule has 1 saturated heterocycles. The third-order valence-corrected chi connectivity index (χ3v) is 4.94. The maximum Gasteiger partial charge on any atom is 0.172 e. The topological polar surface area (TPSA) is 49.8 Å². The lowest BCUT2D eigenvalue weighted by Crippen LogP contribution is -2.37. The van der Waals surface area contributed by atoms with Crippen molar-refractivity contribution in [1.82, 2.24) is 4.90 Å². The fourth-order valence-corrected chi connectivity index (χ4v) is 3.69. The van der Waals surface area contributed by atoms with E-state index in [0.717, 1.165) is 36.7 Å². The lowest BCUT2D eigenvalue weighted by atomic mass is 10.2. The Hall–Kier alpha value is -0.590. The lowest BCUT2D eigenvalue weighted by molar-refractivity contribution is 0.288. The molecule has 1 heterocycles. The third kappa shape index (κ3) is 3.94. The molecular formula is C13H18BrNO3S. The van der Waals surface area contributed by atoms with E-state index in [2.05, 4.69) is 20.8 Å². The minimum atomic E-state index is -0.650. The lowest BCUT2D eigenvalue weighted by Gasteiger charge is -2.26. The minimum absolute atomic E-state index is 0.144. The summed E-state index contributed by atoms with van der Waals surface area (Å²) in [5.41, 5.74) is 1.08. The Kier molecular flexibility index (Phi) is 5.24. The molecule has 0 saturated carbocycles. The van der Waals surface area contributed by atoms with Crippen LogP contribution in [0.25, 0.3) is 0 Å². The zero-order valence-electron chi connectivity index (χ0n) is 10.9. The quantitative estimate of drug-likeness (QED) is 0.906. The van der Waals surface area contributed by atoms with Gasteiger partial charge in [0, 0.05) is 41.9 Å². The molecule has 0 spiro atoms. The van der Waals surface area contributed by atoms with Crippen LogP contribution in [0.1, 0.15) is 12.5 Å². The maximum atomic E-state index is 11.3. The summed E-state index contributed by atoms with van der Waals surface area (Å²) >= 11 is 3.34. The zero-order valence-corrected chi connectivity index (χ0v) is 13.3. The maximum absolute atomic E-state index is 11.3. The predicted molar refractivity (Wildman–Crippen MR) is 80.1 cm³/mol. The Balaban J connectivity index is 2.09. The van der Waals surface area contributed by atoms with Crippen LogP contribution >= 0.6 is 15.9 Å². The number of phenols is 1. The van der Waals surface area contributed by atoms with E-state index in [4.69, 9.17) is 4.74 Å². The predicted octanol–water partition coefficient (Wildman–Crippen LogP) is 2.12. The molecule has 0 atom stereocenters. The molecule has 0 amide bonds. The van der Waals surface area contributed by atoms with Crippen LogP contribution in [-0.2, 0) is 17.3 Å². The highest BCUT2D eigenvalue weighted by Gasteiger charge is 2.17. The first-order chi connectivity index (χ1) is 9.10. The van der Waals surface area contributed by atoms with Gasteiger partial charge in [0.05, 0.1) is 11.1 Å². The van der Waals surface area contributed by atoms with Crippen molar-refractivity contribution in [3.8, 4) is 11.5 Å². The highest BCUT2D eigenvalue weighted by molar-refractivity contribution is 9.10. The normalized spacial score (nSPS) is 17.6. The number of phenolic OH excluding ortho intramolecular Hbond substituents is 1. The first-order valence-electron chi connectivity index (χ1n) is 6.31. The van der Waals surface area contributed by atoms with Gasteiger partial charge in [0.25, 0.3) is 0 Å². The van der Waals surface area contributed by atoms with Crippen molar-refractivity contribution >= 4 is 26.7 Å². The van der Waals surface area contributed by atoms with E-state index in [1.54, 1.807) is 0 Å². The van der Waals surface area contributed by atoms with Gasteiger partial charge in [-0.15, -0.1) is 0 Å². The van der Waals surface area contributed by atoms with Crippen LogP contribution in [0.15, 0.2) is 16.6 Å². The first kappa shape index (κ1) is 14.8. The van der Waals surface area contributed by atoms with E-state index in [-0.39, 0.29) is 5.75 Å². The summed E-state index contributed by atoms with van der Waals surface area (Å²) in [4.78, 5) is 2.27. The van der Waals surface area contributed by atoms with Crippen molar-refractivity contribution in [2.75, 3.05) is 31.2 Å². The van der Waals surface area contributed by atoms with Crippen molar-refractivity contribution < 1.29 is 14.1 Å². The molecule has 0 aliphatic carbocycles. The first-order valence-corrected chi connectivity index (χ1v) is 8.59. The van der Waals surface area contributed by atoms with Gasteiger partial charge in [0.15, 0.2) is 11.5 Å². The van der Waals surface area contributed by atoms with Gasteiger partial charge in [-0.25, -0.2) is 0 Å². The Labute approximate surface area is 124 Å². The third-order valence-electron chi connectivity index (χ3n) is 3.06. The molecular weight excluding hydrogens is 330 g/mol. The van der Waals surface area contributed by atoms with Crippen molar-refractivity contribution in [2.45, 2.75) is 13.5 Å². The summed E-state index contributed by atoms with van der Waals surface area (Å²) in [6.07, 6.45) is 0. The molecule has 1 aliphatic rings. The molecule has 1 N–H and O–H groups in total. The second-order valence-electron chi connectivity index (χ2n) is 4.48. The molecule has 1 aromatic rings. The molecule has 19 heavy (non-hydrogen) atoms. The second kappa shape index (κ2) is 6.72. The van der Waals surface area contributed by atoms with E-state index in [1.165, 1.54) is 0 Å². The molecule has 0 unspecified atom stereocenters. The van der Waals surface area contributed by atoms with Crippen LogP contribution in [0.5, 0.6) is 11.5 Å². The summed E-state index contributed by atoms with van der Waals surface area (Å²) in [6.45, 7) is 4.91. The van der Waals surface area contributed by atoms with Crippen LogP contribution < -0.4 is 4.74 Å². The molecule has 1 fully saturated rings. The van der Waals surface area contributed by atoms with E-state index < -0.39 is 10.8 Å². The number of rotatable bonds is 4. The molecule has 1 aliphatic heterocycles. The number of halogens is 1. The highest BCUT2D eigenvalue weighted by Crippen LogP contribution is 2.35. The average molecular weight is 348 g/mol. The van der Waals surface area contributed by atoms with Gasteiger partial charge in [-0.05, 0) is 40.5 Å². The SMILES string of the molecule is CCOc1cc(CN2CCS(=O)CC2)cc(Br)c1O. The Morgan fingerprint density at radius 2 is 2.11 bits per heavy atom. The number of hydrogen-bond donors (Lipinski definition) is 1. The smallest absolute Gasteiger partial charge is 0.172 e. The number of nitrogens with zero attached hydrogens (tertiary/aromatic N) is 1. The van der Waals surface area contributed by atoms with E-state index >= 15 is 0 Å². The monoisotopic (exact) mass is 347 g/mol. The van der Waals surface area contributed by atoms with Crippen molar-refractivity contribution in [3.63, 3.8) is 0 Å².